The van der Waals surface area contributed by atoms with E-state index in [0.29, 0.717) is 19.3 Å². The number of carbonyl (C=O) groups excluding carboxylic acids is 3. The number of hydrogen-bond donors (Lipinski definition) is 0. The van der Waals surface area contributed by atoms with Gasteiger partial charge in [0.1, 0.15) is 13.2 Å². The molecule has 0 unspecified atom stereocenters. The lowest BCUT2D eigenvalue weighted by molar-refractivity contribution is -0.167. The molecule has 0 aromatic heterocycles. The van der Waals surface area contributed by atoms with Gasteiger partial charge in [-0.15, -0.1) is 0 Å². The Kier molecular flexibility index (Phi) is 56.2. The van der Waals surface area contributed by atoms with Crippen LogP contribution in [0.5, 0.6) is 0 Å². The molecule has 0 amide bonds. The minimum atomic E-state index is -0.775. The Morgan fingerprint density at radius 1 is 0.290 bits per heavy atom. The molecule has 0 rings (SSSR count). The van der Waals surface area contributed by atoms with Gasteiger partial charge in [0.15, 0.2) is 6.10 Å². The van der Waals surface area contributed by atoms with Crippen LogP contribution >= 0.6 is 0 Å². The van der Waals surface area contributed by atoms with Gasteiger partial charge in [-0.2, -0.15) is 0 Å². The zero-order chi connectivity index (χ0) is 50.0. The molecule has 0 spiro atoms. The van der Waals surface area contributed by atoms with Crippen LogP contribution in [0, 0.1) is 0 Å². The van der Waals surface area contributed by atoms with Gasteiger partial charge in [0.05, 0.1) is 0 Å². The molecule has 1 atom stereocenters. The Hall–Kier alpha value is -2.37. The molecule has 0 bridgehead atoms. The smallest absolute Gasteiger partial charge is 0.306 e. The summed E-state index contributed by atoms with van der Waals surface area (Å²) in [5, 5.41) is 0. The fourth-order valence-corrected chi connectivity index (χ4v) is 9.00. The molecule has 0 heterocycles. The maximum Gasteiger partial charge on any atom is 0.306 e. The molecule has 0 aliphatic carbocycles. The van der Waals surface area contributed by atoms with E-state index in [0.717, 1.165) is 70.6 Å². The van der Waals surface area contributed by atoms with Gasteiger partial charge in [0, 0.05) is 19.3 Å². The second-order valence-electron chi connectivity index (χ2n) is 20.6. The standard InChI is InChI=1S/C63H116O6/c1-4-7-10-13-16-19-22-25-28-30-31-33-36-39-42-45-48-51-54-57-63(66)69-60(58-67-61(64)55-52-49-46-43-40-37-34-27-24-21-18-15-12-9-6-3)59-68-62(65)56-53-50-47-44-41-38-35-32-29-26-23-20-17-14-11-8-5-2/h16,19,25,27-28,34,60H,4-15,17-18,20-24,26,29-33,35-59H2,1-3H3/b19-16-,28-25-,34-27-/t60-/m1/s1. The summed E-state index contributed by atoms with van der Waals surface area (Å²) in [5.74, 6) is -0.865. The summed E-state index contributed by atoms with van der Waals surface area (Å²) >= 11 is 0. The Labute approximate surface area is 429 Å². The normalized spacial score (nSPS) is 12.2. The first-order chi connectivity index (χ1) is 34.0. The fourth-order valence-electron chi connectivity index (χ4n) is 9.00. The molecule has 0 saturated carbocycles. The maximum atomic E-state index is 12.9. The average Bonchev–Trinajstić information content (AvgIpc) is 3.35. The predicted octanol–water partition coefficient (Wildman–Crippen LogP) is 20.4. The summed E-state index contributed by atoms with van der Waals surface area (Å²) in [6.07, 6.45) is 69.9. The van der Waals surface area contributed by atoms with Crippen molar-refractivity contribution in [1.29, 1.82) is 0 Å². The Bertz CT molecular complexity index is 1160. The Morgan fingerprint density at radius 2 is 0.522 bits per heavy atom. The number of ether oxygens (including phenoxy) is 3. The van der Waals surface area contributed by atoms with E-state index < -0.39 is 6.10 Å². The van der Waals surface area contributed by atoms with Gasteiger partial charge in [-0.1, -0.05) is 269 Å². The highest BCUT2D eigenvalue weighted by atomic mass is 16.6. The number of allylic oxidation sites excluding steroid dienone is 6. The Balaban J connectivity index is 4.35. The monoisotopic (exact) mass is 969 g/mol. The van der Waals surface area contributed by atoms with Crippen molar-refractivity contribution in [2.24, 2.45) is 0 Å². The van der Waals surface area contributed by atoms with Crippen LogP contribution in [0.2, 0.25) is 0 Å². The van der Waals surface area contributed by atoms with E-state index in [4.69, 9.17) is 14.2 Å². The minimum Gasteiger partial charge on any atom is -0.462 e. The van der Waals surface area contributed by atoms with Crippen molar-refractivity contribution in [1.82, 2.24) is 0 Å². The zero-order valence-corrected chi connectivity index (χ0v) is 46.3. The first-order valence-corrected chi connectivity index (χ1v) is 30.5. The van der Waals surface area contributed by atoms with Gasteiger partial charge < -0.3 is 14.2 Å². The molecule has 404 valence electrons. The van der Waals surface area contributed by atoms with E-state index in [-0.39, 0.29) is 31.1 Å². The second kappa shape index (κ2) is 58.2. The minimum absolute atomic E-state index is 0.0724. The molecule has 0 saturated heterocycles. The molecule has 6 heteroatoms. The largest absolute Gasteiger partial charge is 0.462 e. The van der Waals surface area contributed by atoms with Crippen LogP contribution in [-0.4, -0.2) is 37.2 Å². The first-order valence-electron chi connectivity index (χ1n) is 30.5. The number of unbranched alkanes of at least 4 members (excludes halogenated alkanes) is 39. The summed E-state index contributed by atoms with van der Waals surface area (Å²) in [4.78, 5) is 38.2. The molecule has 0 fully saturated rings. The molecule has 0 aromatic rings. The van der Waals surface area contributed by atoms with Crippen LogP contribution in [0.4, 0.5) is 0 Å². The summed E-state index contributed by atoms with van der Waals surface area (Å²) < 4.78 is 16.9. The van der Waals surface area contributed by atoms with E-state index in [1.165, 1.54) is 218 Å². The lowest BCUT2D eigenvalue weighted by Gasteiger charge is -2.18. The molecule has 0 N–H and O–H groups in total. The van der Waals surface area contributed by atoms with Crippen molar-refractivity contribution < 1.29 is 28.6 Å². The lowest BCUT2D eigenvalue weighted by Crippen LogP contribution is -2.30. The zero-order valence-electron chi connectivity index (χ0n) is 46.3. The highest BCUT2D eigenvalue weighted by Gasteiger charge is 2.19. The third-order valence-corrected chi connectivity index (χ3v) is 13.6. The quantitative estimate of drug-likeness (QED) is 0.0261. The summed E-state index contributed by atoms with van der Waals surface area (Å²) in [6.45, 7) is 6.65. The number of esters is 3. The first kappa shape index (κ1) is 66.6. The summed E-state index contributed by atoms with van der Waals surface area (Å²) in [6, 6.07) is 0. The van der Waals surface area contributed by atoms with Gasteiger partial charge in [-0.25, -0.2) is 0 Å². The highest BCUT2D eigenvalue weighted by Crippen LogP contribution is 2.17. The molecule has 0 aliphatic heterocycles. The summed E-state index contributed by atoms with van der Waals surface area (Å²) in [7, 11) is 0. The van der Waals surface area contributed by atoms with Gasteiger partial charge in [-0.3, -0.25) is 14.4 Å². The van der Waals surface area contributed by atoms with Gasteiger partial charge in [0.2, 0.25) is 0 Å². The van der Waals surface area contributed by atoms with Gasteiger partial charge in [-0.05, 0) is 77.0 Å². The van der Waals surface area contributed by atoms with Crippen molar-refractivity contribution >= 4 is 17.9 Å². The van der Waals surface area contributed by atoms with E-state index in [9.17, 15) is 14.4 Å². The third-order valence-electron chi connectivity index (χ3n) is 13.6. The number of hydrogen-bond acceptors (Lipinski definition) is 6. The molecule has 0 radical (unpaired) electrons. The Morgan fingerprint density at radius 3 is 0.841 bits per heavy atom. The lowest BCUT2D eigenvalue weighted by atomic mass is 10.0. The fraction of sp³-hybridized carbons (Fsp3) is 0.857. The summed E-state index contributed by atoms with van der Waals surface area (Å²) in [5.41, 5.74) is 0. The molecular formula is C63H116O6. The van der Waals surface area contributed by atoms with Crippen LogP contribution in [0.1, 0.15) is 329 Å². The van der Waals surface area contributed by atoms with E-state index in [2.05, 4.69) is 57.2 Å². The van der Waals surface area contributed by atoms with Crippen LogP contribution < -0.4 is 0 Å². The molecule has 0 aliphatic rings. The predicted molar refractivity (Wildman–Crippen MR) is 298 cm³/mol. The van der Waals surface area contributed by atoms with Crippen LogP contribution in [0.15, 0.2) is 36.5 Å². The molecule has 69 heavy (non-hydrogen) atoms. The molecular weight excluding hydrogens is 853 g/mol. The van der Waals surface area contributed by atoms with Crippen molar-refractivity contribution in [2.45, 2.75) is 335 Å². The maximum absolute atomic E-state index is 12.9. The van der Waals surface area contributed by atoms with Gasteiger partial charge >= 0.3 is 17.9 Å². The van der Waals surface area contributed by atoms with Crippen molar-refractivity contribution in [3.63, 3.8) is 0 Å². The van der Waals surface area contributed by atoms with Crippen LogP contribution in [-0.2, 0) is 28.6 Å². The van der Waals surface area contributed by atoms with Crippen LogP contribution in [0.3, 0.4) is 0 Å². The van der Waals surface area contributed by atoms with Gasteiger partial charge in [0.25, 0.3) is 0 Å². The highest BCUT2D eigenvalue weighted by molar-refractivity contribution is 5.71. The van der Waals surface area contributed by atoms with E-state index >= 15 is 0 Å². The van der Waals surface area contributed by atoms with Crippen molar-refractivity contribution in [3.8, 4) is 0 Å². The molecule has 0 aromatic carbocycles. The van der Waals surface area contributed by atoms with Crippen LogP contribution in [0.25, 0.3) is 0 Å². The number of carbonyl (C=O) groups is 3. The second-order valence-corrected chi connectivity index (χ2v) is 20.6. The average molecular weight is 970 g/mol. The number of rotatable bonds is 56. The topological polar surface area (TPSA) is 78.9 Å². The molecule has 6 nitrogen and oxygen atoms in total. The SMILES string of the molecule is CCCCC/C=C\C/C=C\CCCCCCCCCCCC(=O)O[C@H](COC(=O)CCCCCCC/C=C\CCCCCCCC)COC(=O)CCCCCCCCCCCCCCCCCCC. The van der Waals surface area contributed by atoms with E-state index in [1.54, 1.807) is 0 Å². The van der Waals surface area contributed by atoms with Crippen molar-refractivity contribution in [2.75, 3.05) is 13.2 Å². The van der Waals surface area contributed by atoms with E-state index in [1.807, 2.05) is 0 Å². The third kappa shape index (κ3) is 56.4. The van der Waals surface area contributed by atoms with Crippen molar-refractivity contribution in [3.05, 3.63) is 36.5 Å².